The first-order valence-electron chi connectivity index (χ1n) is 13.7. The molecule has 1 heteroatoms. The van der Waals surface area contributed by atoms with Gasteiger partial charge in [-0.3, -0.25) is 0 Å². The average molecular weight is 427 g/mol. The lowest BCUT2D eigenvalue weighted by atomic mass is 9.46. The van der Waals surface area contributed by atoms with Gasteiger partial charge < -0.3 is 5.11 Å². The van der Waals surface area contributed by atoms with Gasteiger partial charge in [0, 0.05) is 0 Å². The zero-order chi connectivity index (χ0) is 22.6. The van der Waals surface area contributed by atoms with Gasteiger partial charge in [0.25, 0.3) is 0 Å². The van der Waals surface area contributed by atoms with Crippen molar-refractivity contribution in [2.75, 3.05) is 0 Å². The van der Waals surface area contributed by atoms with Crippen molar-refractivity contribution >= 4 is 0 Å². The predicted molar refractivity (Wildman–Crippen MR) is 133 cm³/mol. The van der Waals surface area contributed by atoms with Crippen LogP contribution in [0.15, 0.2) is 23.3 Å². The van der Waals surface area contributed by atoms with Crippen LogP contribution in [-0.2, 0) is 0 Å². The van der Waals surface area contributed by atoms with E-state index in [0.29, 0.717) is 28.6 Å². The Labute approximate surface area is 193 Å². The van der Waals surface area contributed by atoms with Crippen molar-refractivity contribution in [3.8, 4) is 0 Å². The van der Waals surface area contributed by atoms with Crippen molar-refractivity contribution in [2.45, 2.75) is 112 Å². The Kier molecular flexibility index (Phi) is 6.59. The zero-order valence-corrected chi connectivity index (χ0v) is 21.6. The largest absolute Gasteiger partial charge is 0.393 e. The number of fused-ring (bicyclic) bond motifs is 5. The summed E-state index contributed by atoms with van der Waals surface area (Å²) in [4.78, 5) is 0. The second-order valence-corrected chi connectivity index (χ2v) is 12.9. The summed E-state index contributed by atoms with van der Waals surface area (Å²) >= 11 is 0. The molecular weight excluding hydrogens is 376 g/mol. The molecule has 3 fully saturated rings. The Morgan fingerprint density at radius 2 is 1.74 bits per heavy atom. The number of hydrogen-bond donors (Lipinski definition) is 1. The molecule has 4 aliphatic rings. The lowest BCUT2D eigenvalue weighted by Gasteiger charge is -2.59. The van der Waals surface area contributed by atoms with Crippen LogP contribution in [0.1, 0.15) is 106 Å². The van der Waals surface area contributed by atoms with Gasteiger partial charge >= 0.3 is 0 Å². The van der Waals surface area contributed by atoms with Crippen LogP contribution in [0.2, 0.25) is 0 Å². The molecule has 31 heavy (non-hydrogen) atoms. The first-order valence-corrected chi connectivity index (χ1v) is 13.7. The molecule has 1 N–H and O–H groups in total. The molecule has 0 aliphatic heterocycles. The van der Waals surface area contributed by atoms with Gasteiger partial charge in [-0.1, -0.05) is 64.8 Å². The molecule has 0 spiro atoms. The number of aliphatic hydroxyl groups excluding tert-OH is 1. The molecule has 0 saturated heterocycles. The smallest absolute Gasteiger partial charge is 0.0568 e. The van der Waals surface area contributed by atoms with Crippen LogP contribution in [0.25, 0.3) is 0 Å². The van der Waals surface area contributed by atoms with Crippen LogP contribution in [-0.4, -0.2) is 11.2 Å². The summed E-state index contributed by atoms with van der Waals surface area (Å²) in [6.45, 7) is 17.1. The quantitative estimate of drug-likeness (QED) is 0.439. The number of allylic oxidation sites excluding steroid dienone is 4. The molecule has 4 rings (SSSR count). The average Bonchev–Trinajstić information content (AvgIpc) is 3.08. The fourth-order valence-electron chi connectivity index (χ4n) is 9.28. The van der Waals surface area contributed by atoms with Crippen molar-refractivity contribution in [1.82, 2.24) is 0 Å². The first kappa shape index (κ1) is 23.6. The fourth-order valence-corrected chi connectivity index (χ4v) is 9.28. The van der Waals surface area contributed by atoms with E-state index in [0.717, 1.165) is 30.1 Å². The molecule has 1 nitrogen and oxygen atoms in total. The summed E-state index contributed by atoms with van der Waals surface area (Å²) in [6, 6.07) is 0. The minimum absolute atomic E-state index is 0.0773. The maximum Gasteiger partial charge on any atom is 0.0568 e. The van der Waals surface area contributed by atoms with Crippen molar-refractivity contribution < 1.29 is 5.11 Å². The molecule has 0 unspecified atom stereocenters. The van der Waals surface area contributed by atoms with Crippen LogP contribution >= 0.6 is 0 Å². The molecule has 0 aromatic carbocycles. The molecule has 0 heterocycles. The molecule has 0 amide bonds. The monoisotopic (exact) mass is 426 g/mol. The van der Waals surface area contributed by atoms with Crippen LogP contribution in [0.4, 0.5) is 0 Å². The number of rotatable bonds is 5. The Morgan fingerprint density at radius 3 is 2.42 bits per heavy atom. The van der Waals surface area contributed by atoms with E-state index in [-0.39, 0.29) is 6.10 Å². The highest BCUT2D eigenvalue weighted by Gasteiger charge is 2.59. The lowest BCUT2D eigenvalue weighted by Crippen LogP contribution is -2.52. The highest BCUT2D eigenvalue weighted by Crippen LogP contribution is 2.67. The molecular formula is C30H50O. The molecule has 176 valence electrons. The Bertz CT molecular complexity index is 716. The van der Waals surface area contributed by atoms with Gasteiger partial charge in [-0.25, -0.2) is 0 Å². The Hall–Kier alpha value is -0.560. The molecule has 0 aromatic heterocycles. The lowest BCUT2D eigenvalue weighted by molar-refractivity contribution is -0.0773. The molecule has 0 aromatic rings. The standard InChI is InChI=1S/C30H50O/c1-8-22(19(2)3)10-9-20(4)24-13-14-26-23-11-12-25-21(5)28(31)16-18-30(25,7)27(23)15-17-29(24,26)6/h8,11,19-21,24-28,31H,9-10,12-18H2,1-7H3/b22-8+/t20-,21+,24-,25+,26+,27-,28+,29-,30+/m1/s1. The van der Waals surface area contributed by atoms with E-state index in [4.69, 9.17) is 0 Å². The molecule has 4 aliphatic carbocycles. The van der Waals surface area contributed by atoms with Crippen LogP contribution in [0, 0.1) is 52.3 Å². The van der Waals surface area contributed by atoms with E-state index < -0.39 is 0 Å². The normalized spacial score (nSPS) is 46.2. The Balaban J connectivity index is 1.51. The summed E-state index contributed by atoms with van der Waals surface area (Å²) < 4.78 is 0. The van der Waals surface area contributed by atoms with Gasteiger partial charge in [0.2, 0.25) is 0 Å². The second kappa shape index (κ2) is 8.66. The summed E-state index contributed by atoms with van der Waals surface area (Å²) in [5.41, 5.74) is 4.45. The maximum absolute atomic E-state index is 10.5. The SMILES string of the molecule is C/C=C(\CC[C@@H](C)[C@H]1CC[C@H]2C3=CC[C@H]4[C@H](C)[C@@H](O)CC[C@]4(C)[C@@H]3CC[C@]12C)C(C)C. The molecule has 0 bridgehead atoms. The van der Waals surface area contributed by atoms with Crippen molar-refractivity contribution in [3.63, 3.8) is 0 Å². The van der Waals surface area contributed by atoms with E-state index in [1.807, 2.05) is 5.57 Å². The second-order valence-electron chi connectivity index (χ2n) is 12.9. The van der Waals surface area contributed by atoms with Crippen molar-refractivity contribution in [3.05, 3.63) is 23.3 Å². The van der Waals surface area contributed by atoms with E-state index in [1.54, 1.807) is 5.57 Å². The van der Waals surface area contributed by atoms with Crippen LogP contribution in [0.5, 0.6) is 0 Å². The number of hydrogen-bond acceptors (Lipinski definition) is 1. The van der Waals surface area contributed by atoms with E-state index >= 15 is 0 Å². The van der Waals surface area contributed by atoms with Gasteiger partial charge in [-0.05, 0) is 117 Å². The van der Waals surface area contributed by atoms with Crippen LogP contribution < -0.4 is 0 Å². The summed E-state index contributed by atoms with van der Waals surface area (Å²) in [5, 5.41) is 10.5. The zero-order valence-electron chi connectivity index (χ0n) is 21.6. The first-order chi connectivity index (χ1) is 14.6. The van der Waals surface area contributed by atoms with Gasteiger partial charge in [-0.15, -0.1) is 0 Å². The number of aliphatic hydroxyl groups is 1. The van der Waals surface area contributed by atoms with Gasteiger partial charge in [0.15, 0.2) is 0 Å². The highest BCUT2D eigenvalue weighted by atomic mass is 16.3. The summed E-state index contributed by atoms with van der Waals surface area (Å²) in [6.07, 6.45) is 16.8. The third-order valence-corrected chi connectivity index (χ3v) is 11.3. The minimum Gasteiger partial charge on any atom is -0.393 e. The van der Waals surface area contributed by atoms with Crippen molar-refractivity contribution in [2.24, 2.45) is 52.3 Å². The van der Waals surface area contributed by atoms with Gasteiger partial charge in [0.1, 0.15) is 0 Å². The van der Waals surface area contributed by atoms with Gasteiger partial charge in [-0.2, -0.15) is 0 Å². The Morgan fingerprint density at radius 1 is 1.06 bits per heavy atom. The summed E-state index contributed by atoms with van der Waals surface area (Å²) in [5.74, 6) is 5.16. The van der Waals surface area contributed by atoms with E-state index in [2.05, 4.69) is 60.6 Å². The predicted octanol–water partition coefficient (Wildman–Crippen LogP) is 8.19. The van der Waals surface area contributed by atoms with Gasteiger partial charge in [0.05, 0.1) is 6.10 Å². The summed E-state index contributed by atoms with van der Waals surface area (Å²) in [7, 11) is 0. The van der Waals surface area contributed by atoms with E-state index in [1.165, 1.54) is 51.4 Å². The van der Waals surface area contributed by atoms with E-state index in [9.17, 15) is 5.11 Å². The molecule has 0 radical (unpaired) electrons. The third kappa shape index (κ3) is 3.79. The van der Waals surface area contributed by atoms with Crippen LogP contribution in [0.3, 0.4) is 0 Å². The fraction of sp³-hybridized carbons (Fsp3) is 0.867. The molecule has 3 saturated carbocycles. The third-order valence-electron chi connectivity index (χ3n) is 11.3. The minimum atomic E-state index is -0.0773. The van der Waals surface area contributed by atoms with Crippen molar-refractivity contribution in [1.29, 1.82) is 0 Å². The highest BCUT2D eigenvalue weighted by molar-refractivity contribution is 5.28. The topological polar surface area (TPSA) is 20.2 Å². The maximum atomic E-state index is 10.5. The molecule has 9 atom stereocenters.